The molecule has 0 spiro atoms. The molecule has 1 heterocycles. The molecule has 18 heavy (non-hydrogen) atoms. The van der Waals surface area contributed by atoms with E-state index < -0.39 is 15.9 Å². The second kappa shape index (κ2) is 4.37. The van der Waals surface area contributed by atoms with Gasteiger partial charge in [-0.05, 0) is 43.9 Å². The number of carbonyl (C=O) groups is 1. The van der Waals surface area contributed by atoms with Crippen molar-refractivity contribution >= 4 is 15.8 Å². The molecule has 100 valence electrons. The van der Waals surface area contributed by atoms with E-state index in [9.17, 15) is 13.2 Å². The Kier molecular flexibility index (Phi) is 2.96. The van der Waals surface area contributed by atoms with Crippen molar-refractivity contribution in [3.8, 4) is 0 Å². The third kappa shape index (κ3) is 2.94. The number of sulfone groups is 1. The maximum absolute atomic E-state index is 11.8. The van der Waals surface area contributed by atoms with Crippen molar-refractivity contribution in [2.45, 2.75) is 38.2 Å². The minimum Gasteiger partial charge on any atom is -0.458 e. The van der Waals surface area contributed by atoms with Gasteiger partial charge in [0.25, 0.3) is 0 Å². The number of hydrogen-bond donors (Lipinski definition) is 0. The molecule has 5 heteroatoms. The molecule has 3 aliphatic rings. The van der Waals surface area contributed by atoms with E-state index in [1.807, 2.05) is 0 Å². The van der Waals surface area contributed by atoms with Crippen LogP contribution in [0.4, 0.5) is 0 Å². The summed E-state index contributed by atoms with van der Waals surface area (Å²) in [6.45, 7) is 0. The van der Waals surface area contributed by atoms with E-state index in [2.05, 4.69) is 0 Å². The van der Waals surface area contributed by atoms with E-state index in [0.717, 1.165) is 0 Å². The summed E-state index contributed by atoms with van der Waals surface area (Å²) in [7, 11) is -2.98. The van der Waals surface area contributed by atoms with Gasteiger partial charge in [-0.3, -0.25) is 0 Å². The van der Waals surface area contributed by atoms with Crippen molar-refractivity contribution < 1.29 is 17.9 Å². The van der Waals surface area contributed by atoms with Crippen LogP contribution < -0.4 is 0 Å². The first kappa shape index (κ1) is 12.2. The van der Waals surface area contributed by atoms with E-state index in [4.69, 9.17) is 4.74 Å². The van der Waals surface area contributed by atoms with E-state index in [1.54, 1.807) is 6.08 Å². The summed E-state index contributed by atoms with van der Waals surface area (Å²) >= 11 is 0. The van der Waals surface area contributed by atoms with Crippen LogP contribution in [0, 0.1) is 11.8 Å². The van der Waals surface area contributed by atoms with Gasteiger partial charge in [-0.2, -0.15) is 0 Å². The summed E-state index contributed by atoms with van der Waals surface area (Å²) in [5.41, 5.74) is 1.25. The number of carbonyl (C=O) groups excluding carboxylic acids is 1. The molecule has 0 aromatic heterocycles. The number of esters is 1. The third-order valence-corrected chi connectivity index (χ3v) is 5.59. The lowest BCUT2D eigenvalue weighted by Crippen LogP contribution is -2.18. The number of ether oxygens (including phenoxy) is 1. The highest BCUT2D eigenvalue weighted by molar-refractivity contribution is 7.91. The van der Waals surface area contributed by atoms with Crippen LogP contribution in [-0.2, 0) is 19.4 Å². The van der Waals surface area contributed by atoms with Crippen LogP contribution in [0.3, 0.4) is 0 Å². The summed E-state index contributed by atoms with van der Waals surface area (Å²) < 4.78 is 27.8. The molecule has 1 aliphatic heterocycles. The van der Waals surface area contributed by atoms with E-state index in [-0.39, 0.29) is 17.5 Å². The molecule has 0 bridgehead atoms. The maximum atomic E-state index is 11.8. The lowest BCUT2D eigenvalue weighted by Gasteiger charge is -2.09. The Morgan fingerprint density at radius 2 is 1.67 bits per heavy atom. The van der Waals surface area contributed by atoms with Gasteiger partial charge in [0, 0.05) is 6.08 Å². The van der Waals surface area contributed by atoms with Crippen molar-refractivity contribution in [3.05, 3.63) is 11.6 Å². The maximum Gasteiger partial charge on any atom is 0.331 e. The highest BCUT2D eigenvalue weighted by Gasteiger charge is 2.37. The Balaban J connectivity index is 1.59. The lowest BCUT2D eigenvalue weighted by molar-refractivity contribution is -0.141. The van der Waals surface area contributed by atoms with Gasteiger partial charge >= 0.3 is 5.97 Å². The summed E-state index contributed by atoms with van der Waals surface area (Å²) in [5.74, 6) is 0.988. The van der Waals surface area contributed by atoms with Gasteiger partial charge in [0.15, 0.2) is 9.84 Å². The van der Waals surface area contributed by atoms with Crippen LogP contribution >= 0.6 is 0 Å². The van der Waals surface area contributed by atoms with Gasteiger partial charge in [0.05, 0.1) is 11.5 Å². The molecule has 3 rings (SSSR count). The molecule has 0 aromatic rings. The van der Waals surface area contributed by atoms with E-state index >= 15 is 0 Å². The van der Waals surface area contributed by atoms with Crippen molar-refractivity contribution in [2.75, 3.05) is 11.5 Å². The highest BCUT2D eigenvalue weighted by atomic mass is 32.2. The zero-order chi connectivity index (χ0) is 12.8. The molecule has 2 aliphatic carbocycles. The Hall–Kier alpha value is -0.840. The first-order valence-corrected chi connectivity index (χ1v) is 8.48. The van der Waals surface area contributed by atoms with Crippen LogP contribution in [-0.4, -0.2) is 32.0 Å². The average Bonchev–Trinajstić information content (AvgIpc) is 3.15. The zero-order valence-corrected chi connectivity index (χ0v) is 11.1. The largest absolute Gasteiger partial charge is 0.458 e. The molecule has 0 radical (unpaired) electrons. The summed E-state index contributed by atoms with van der Waals surface area (Å²) in [6, 6.07) is 0. The molecule has 1 saturated heterocycles. The molecule has 0 aromatic carbocycles. The first-order chi connectivity index (χ1) is 8.53. The monoisotopic (exact) mass is 270 g/mol. The van der Waals surface area contributed by atoms with E-state index in [0.29, 0.717) is 18.3 Å². The molecule has 1 atom stereocenters. The van der Waals surface area contributed by atoms with Gasteiger partial charge in [-0.15, -0.1) is 0 Å². The summed E-state index contributed by atoms with van der Waals surface area (Å²) in [6.07, 6.45) is 6.41. The van der Waals surface area contributed by atoms with E-state index in [1.165, 1.54) is 31.3 Å². The van der Waals surface area contributed by atoms with Crippen molar-refractivity contribution in [2.24, 2.45) is 11.8 Å². The quantitative estimate of drug-likeness (QED) is 0.573. The topological polar surface area (TPSA) is 60.4 Å². The first-order valence-electron chi connectivity index (χ1n) is 6.66. The molecule has 4 nitrogen and oxygen atoms in total. The van der Waals surface area contributed by atoms with Gasteiger partial charge in [0.2, 0.25) is 0 Å². The predicted octanol–water partition coefficient (Wildman–Crippen LogP) is 1.46. The van der Waals surface area contributed by atoms with Crippen LogP contribution in [0.5, 0.6) is 0 Å². The Bertz CT molecular complexity index is 469. The summed E-state index contributed by atoms with van der Waals surface area (Å²) in [4.78, 5) is 11.8. The number of rotatable bonds is 4. The molecule has 3 fully saturated rings. The Labute approximate surface area is 107 Å². The van der Waals surface area contributed by atoms with Crippen LogP contribution in [0.15, 0.2) is 11.6 Å². The fraction of sp³-hybridized carbons (Fsp3) is 0.769. The second-order valence-electron chi connectivity index (χ2n) is 5.65. The van der Waals surface area contributed by atoms with Gasteiger partial charge in [0.1, 0.15) is 6.10 Å². The van der Waals surface area contributed by atoms with Crippen molar-refractivity contribution in [3.63, 3.8) is 0 Å². The van der Waals surface area contributed by atoms with Gasteiger partial charge < -0.3 is 4.74 Å². The van der Waals surface area contributed by atoms with Crippen molar-refractivity contribution in [1.29, 1.82) is 0 Å². The molecular formula is C13H18O4S. The normalized spacial score (nSPS) is 29.9. The smallest absolute Gasteiger partial charge is 0.331 e. The van der Waals surface area contributed by atoms with Gasteiger partial charge in [-0.25, -0.2) is 13.2 Å². The minimum absolute atomic E-state index is 0.00519. The zero-order valence-electron chi connectivity index (χ0n) is 10.3. The van der Waals surface area contributed by atoms with Crippen molar-refractivity contribution in [1.82, 2.24) is 0 Å². The summed E-state index contributed by atoms with van der Waals surface area (Å²) in [5, 5.41) is 0. The number of allylic oxidation sites excluding steroid dienone is 1. The Morgan fingerprint density at radius 3 is 2.11 bits per heavy atom. The predicted molar refractivity (Wildman–Crippen MR) is 66.7 cm³/mol. The van der Waals surface area contributed by atoms with Crippen LogP contribution in [0.25, 0.3) is 0 Å². The molecule has 1 unspecified atom stereocenters. The molecular weight excluding hydrogens is 252 g/mol. The standard InChI is InChI=1S/C13H18O4S/c14-13(17-11-5-6-18(15,16)8-11)7-12(9-1-2-9)10-3-4-10/h7,9-11H,1-6,8H2. The lowest BCUT2D eigenvalue weighted by atomic mass is 10.1. The third-order valence-electron chi connectivity index (χ3n) is 3.86. The molecule has 0 N–H and O–H groups in total. The van der Waals surface area contributed by atoms with Gasteiger partial charge in [-0.1, -0.05) is 5.57 Å². The highest BCUT2D eigenvalue weighted by Crippen LogP contribution is 2.48. The van der Waals surface area contributed by atoms with Crippen LogP contribution in [0.1, 0.15) is 32.1 Å². The molecule has 2 saturated carbocycles. The average molecular weight is 270 g/mol. The van der Waals surface area contributed by atoms with Crippen LogP contribution in [0.2, 0.25) is 0 Å². The Morgan fingerprint density at radius 1 is 1.06 bits per heavy atom. The fourth-order valence-corrected chi connectivity index (χ4v) is 4.18. The second-order valence-corrected chi connectivity index (χ2v) is 7.88. The number of hydrogen-bond acceptors (Lipinski definition) is 4. The SMILES string of the molecule is O=C(C=C(C1CC1)C1CC1)OC1CCS(=O)(=O)C1. The molecule has 0 amide bonds. The minimum atomic E-state index is -2.98. The fourth-order valence-electron chi connectivity index (χ4n) is 2.59.